The van der Waals surface area contributed by atoms with E-state index in [2.05, 4.69) is 4.98 Å². The van der Waals surface area contributed by atoms with Gasteiger partial charge in [-0.15, -0.1) is 0 Å². The number of amides is 1. The van der Waals surface area contributed by atoms with E-state index in [4.69, 9.17) is 5.73 Å². The van der Waals surface area contributed by atoms with Crippen molar-refractivity contribution >= 4 is 32.6 Å². The highest BCUT2D eigenvalue weighted by Crippen LogP contribution is 2.30. The minimum Gasteiger partial charge on any atom is -0.375 e. The Morgan fingerprint density at radius 1 is 1.56 bits per heavy atom. The van der Waals surface area contributed by atoms with Gasteiger partial charge >= 0.3 is 0 Å². The van der Waals surface area contributed by atoms with Gasteiger partial charge < -0.3 is 10.6 Å². The first-order valence-electron chi connectivity index (χ1n) is 6.05. The molecule has 1 heterocycles. The molecule has 0 saturated heterocycles. The number of hydrogen-bond acceptors (Lipinski definition) is 4. The van der Waals surface area contributed by atoms with Crippen molar-refractivity contribution in [3.8, 4) is 0 Å². The Morgan fingerprint density at radius 2 is 2.33 bits per heavy atom. The van der Waals surface area contributed by atoms with Crippen molar-refractivity contribution < 1.29 is 4.79 Å². The quantitative estimate of drug-likeness (QED) is 0.922. The molecule has 2 aromatic rings. The van der Waals surface area contributed by atoms with Gasteiger partial charge in [0, 0.05) is 19.2 Å². The summed E-state index contributed by atoms with van der Waals surface area (Å²) in [6.07, 6.45) is 2.50. The largest absolute Gasteiger partial charge is 0.375 e. The standard InChI is InChI=1S/C13H15N3OS/c1-16(7-8-2-3-8)12(17)9-4-5-10-11(6-9)18-13(14)15-10/h4-6,8H,2-3,7H2,1H3,(H2,14,15). The molecule has 1 fully saturated rings. The predicted molar refractivity (Wildman–Crippen MR) is 73.7 cm³/mol. The molecule has 1 aromatic heterocycles. The first-order chi connectivity index (χ1) is 8.63. The van der Waals surface area contributed by atoms with E-state index in [0.717, 1.165) is 16.8 Å². The minimum atomic E-state index is 0.0794. The summed E-state index contributed by atoms with van der Waals surface area (Å²) in [5.41, 5.74) is 7.24. The zero-order valence-electron chi connectivity index (χ0n) is 10.2. The van der Waals surface area contributed by atoms with E-state index in [9.17, 15) is 4.79 Å². The number of thiazole rings is 1. The van der Waals surface area contributed by atoms with Crippen molar-refractivity contribution in [1.29, 1.82) is 0 Å². The number of carbonyl (C=O) groups is 1. The molecule has 0 atom stereocenters. The monoisotopic (exact) mass is 261 g/mol. The van der Waals surface area contributed by atoms with Gasteiger partial charge in [0.25, 0.3) is 5.91 Å². The van der Waals surface area contributed by atoms with Crippen LogP contribution in [-0.4, -0.2) is 29.4 Å². The summed E-state index contributed by atoms with van der Waals surface area (Å²) in [5.74, 6) is 0.789. The number of anilines is 1. The Hall–Kier alpha value is -1.62. The highest BCUT2D eigenvalue weighted by atomic mass is 32.1. The SMILES string of the molecule is CN(CC1CC1)C(=O)c1ccc2nc(N)sc2c1. The maximum atomic E-state index is 12.2. The zero-order valence-corrected chi connectivity index (χ0v) is 11.0. The first-order valence-corrected chi connectivity index (χ1v) is 6.86. The lowest BCUT2D eigenvalue weighted by atomic mass is 10.2. The second-order valence-electron chi connectivity index (χ2n) is 4.86. The number of benzene rings is 1. The second kappa shape index (κ2) is 4.24. The summed E-state index contributed by atoms with van der Waals surface area (Å²) < 4.78 is 0.971. The Balaban J connectivity index is 1.85. The van der Waals surface area contributed by atoms with Gasteiger partial charge in [-0.25, -0.2) is 4.98 Å². The molecule has 4 nitrogen and oxygen atoms in total. The third-order valence-electron chi connectivity index (χ3n) is 3.23. The molecule has 0 bridgehead atoms. The lowest BCUT2D eigenvalue weighted by molar-refractivity contribution is 0.0789. The molecule has 1 saturated carbocycles. The fourth-order valence-corrected chi connectivity index (χ4v) is 2.84. The molecule has 0 spiro atoms. The van der Waals surface area contributed by atoms with Gasteiger partial charge in [-0.05, 0) is 37.0 Å². The Morgan fingerprint density at radius 3 is 3.06 bits per heavy atom. The number of nitrogens with zero attached hydrogens (tertiary/aromatic N) is 2. The summed E-state index contributed by atoms with van der Waals surface area (Å²) in [6.45, 7) is 0.863. The summed E-state index contributed by atoms with van der Waals surface area (Å²) in [6, 6.07) is 5.57. The number of rotatable bonds is 3. The Bertz CT molecular complexity index is 603. The van der Waals surface area contributed by atoms with Crippen LogP contribution in [0, 0.1) is 5.92 Å². The number of nitrogens with two attached hydrogens (primary N) is 1. The van der Waals surface area contributed by atoms with Crippen LogP contribution in [0.15, 0.2) is 18.2 Å². The number of hydrogen-bond donors (Lipinski definition) is 1. The number of nitrogen functional groups attached to an aromatic ring is 1. The number of fused-ring (bicyclic) bond motifs is 1. The van der Waals surface area contributed by atoms with E-state index >= 15 is 0 Å². The van der Waals surface area contributed by atoms with E-state index in [0.29, 0.717) is 16.6 Å². The van der Waals surface area contributed by atoms with Crippen LogP contribution in [0.4, 0.5) is 5.13 Å². The molecule has 1 amide bonds. The first kappa shape index (κ1) is 11.5. The highest BCUT2D eigenvalue weighted by Gasteiger charge is 2.25. The van der Waals surface area contributed by atoms with Gasteiger partial charge in [0.2, 0.25) is 0 Å². The zero-order chi connectivity index (χ0) is 12.7. The van der Waals surface area contributed by atoms with Gasteiger partial charge in [-0.1, -0.05) is 11.3 Å². The van der Waals surface area contributed by atoms with Crippen molar-refractivity contribution in [3.05, 3.63) is 23.8 Å². The van der Waals surface area contributed by atoms with Crippen LogP contribution in [0.5, 0.6) is 0 Å². The number of carbonyl (C=O) groups excluding carboxylic acids is 1. The predicted octanol–water partition coefficient (Wildman–Crippen LogP) is 2.36. The minimum absolute atomic E-state index is 0.0794. The topological polar surface area (TPSA) is 59.2 Å². The van der Waals surface area contributed by atoms with Crippen LogP contribution in [-0.2, 0) is 0 Å². The van der Waals surface area contributed by atoms with E-state index < -0.39 is 0 Å². The normalized spacial score (nSPS) is 14.9. The van der Waals surface area contributed by atoms with Crippen LogP contribution in [0.2, 0.25) is 0 Å². The fourth-order valence-electron chi connectivity index (χ4n) is 2.07. The summed E-state index contributed by atoms with van der Waals surface area (Å²) in [5, 5.41) is 0.543. The Kier molecular flexibility index (Phi) is 2.70. The molecular weight excluding hydrogens is 246 g/mol. The van der Waals surface area contributed by atoms with Crippen molar-refractivity contribution in [2.45, 2.75) is 12.8 Å². The van der Waals surface area contributed by atoms with Crippen LogP contribution in [0.25, 0.3) is 10.2 Å². The molecule has 0 unspecified atom stereocenters. The smallest absolute Gasteiger partial charge is 0.253 e. The number of aromatic nitrogens is 1. The molecule has 1 aliphatic carbocycles. The summed E-state index contributed by atoms with van der Waals surface area (Å²) in [4.78, 5) is 18.2. The van der Waals surface area contributed by atoms with Crippen LogP contribution >= 0.6 is 11.3 Å². The molecule has 94 valence electrons. The lowest BCUT2D eigenvalue weighted by Gasteiger charge is -2.16. The Labute approximate surface area is 109 Å². The molecule has 1 aliphatic rings. The van der Waals surface area contributed by atoms with Gasteiger partial charge in [0.05, 0.1) is 10.2 Å². The van der Waals surface area contributed by atoms with Crippen LogP contribution < -0.4 is 5.73 Å². The van der Waals surface area contributed by atoms with Gasteiger partial charge in [0.1, 0.15) is 0 Å². The van der Waals surface area contributed by atoms with Gasteiger partial charge in [-0.3, -0.25) is 4.79 Å². The molecule has 18 heavy (non-hydrogen) atoms. The van der Waals surface area contributed by atoms with E-state index in [1.165, 1.54) is 24.2 Å². The molecule has 2 N–H and O–H groups in total. The third kappa shape index (κ3) is 2.18. The van der Waals surface area contributed by atoms with Crippen molar-refractivity contribution in [2.75, 3.05) is 19.3 Å². The van der Waals surface area contributed by atoms with Crippen LogP contribution in [0.3, 0.4) is 0 Å². The second-order valence-corrected chi connectivity index (χ2v) is 5.93. The van der Waals surface area contributed by atoms with Gasteiger partial charge in [-0.2, -0.15) is 0 Å². The average molecular weight is 261 g/mol. The fraction of sp³-hybridized carbons (Fsp3) is 0.385. The van der Waals surface area contributed by atoms with E-state index in [1.807, 2.05) is 30.1 Å². The van der Waals surface area contributed by atoms with Gasteiger partial charge in [0.15, 0.2) is 5.13 Å². The van der Waals surface area contributed by atoms with Crippen molar-refractivity contribution in [3.63, 3.8) is 0 Å². The van der Waals surface area contributed by atoms with Crippen molar-refractivity contribution in [2.24, 2.45) is 5.92 Å². The van der Waals surface area contributed by atoms with E-state index in [-0.39, 0.29) is 5.91 Å². The summed E-state index contributed by atoms with van der Waals surface area (Å²) >= 11 is 1.42. The molecule has 0 radical (unpaired) electrons. The van der Waals surface area contributed by atoms with Crippen molar-refractivity contribution in [1.82, 2.24) is 9.88 Å². The lowest BCUT2D eigenvalue weighted by Crippen LogP contribution is -2.28. The maximum Gasteiger partial charge on any atom is 0.253 e. The molecule has 1 aromatic carbocycles. The highest BCUT2D eigenvalue weighted by molar-refractivity contribution is 7.22. The van der Waals surface area contributed by atoms with Crippen LogP contribution in [0.1, 0.15) is 23.2 Å². The van der Waals surface area contributed by atoms with E-state index in [1.54, 1.807) is 0 Å². The average Bonchev–Trinajstić information content (AvgIpc) is 3.06. The molecule has 5 heteroatoms. The summed E-state index contributed by atoms with van der Waals surface area (Å²) in [7, 11) is 1.87. The molecular formula is C13H15N3OS. The third-order valence-corrected chi connectivity index (χ3v) is 4.07. The molecule has 3 rings (SSSR count). The maximum absolute atomic E-state index is 12.2. The molecule has 0 aliphatic heterocycles.